The van der Waals surface area contributed by atoms with Gasteiger partial charge < -0.3 is 73.7 Å². The zero-order valence-electron chi connectivity index (χ0n) is 37.8. The van der Waals surface area contributed by atoms with E-state index >= 15 is 0 Å². The standard InChI is InChI=1S/C29H32O13.C15H29N3O5/c1-11-36-9-20-27(40-11)24(31)25(32)29(41-20)42-26-14-7-17-16(38-10-39-17)6-13(14)21(22-15(26)8-37-28(22)33)12-4-18(34-2)23(30)19(5-12)35-3;1-8(2)7-9(10(19)13(21)18-23)12(20)17-11(14(22)16-6)15(3,4)5/h4-7,11,15,20-22,24-27,29-32H,8-10H2,1-3H3;8-11,19,23H,7H2,1-6H3,(H,16,22)(H,17,20)(H,18,21)/t11-,15?,20-,21-,22+,24-,25-,26?,27-,29+;9-,10+,11-/m11/s1. The van der Waals surface area contributed by atoms with Crippen molar-refractivity contribution in [2.24, 2.45) is 29.1 Å². The minimum Gasteiger partial charge on any atom is -0.502 e. The average molecular weight is 920 g/mol. The molecule has 7 rings (SSSR count). The second-order valence-corrected chi connectivity index (χ2v) is 18.1. The predicted octanol–water partition coefficient (Wildman–Crippen LogP) is 1.13. The van der Waals surface area contributed by atoms with Crippen molar-refractivity contribution in [1.82, 2.24) is 16.1 Å². The molecule has 3 fully saturated rings. The number of nitrogens with one attached hydrogen (secondary N) is 3. The molecule has 2 unspecified atom stereocenters. The number of esters is 1. The largest absolute Gasteiger partial charge is 0.502 e. The first-order valence-corrected chi connectivity index (χ1v) is 21.4. The highest BCUT2D eigenvalue weighted by molar-refractivity contribution is 5.92. The highest BCUT2D eigenvalue weighted by Crippen LogP contribution is 2.57. The number of phenols is 1. The Balaban J connectivity index is 0.000000261. The van der Waals surface area contributed by atoms with Crippen LogP contribution in [0.2, 0.25) is 0 Å². The molecular weight excluding hydrogens is 858 g/mol. The molecule has 2 aromatic rings. The van der Waals surface area contributed by atoms with Crippen molar-refractivity contribution in [3.63, 3.8) is 0 Å². The number of methoxy groups -OCH3 is 2. The van der Waals surface area contributed by atoms with Crippen LogP contribution in [-0.4, -0.2) is 140 Å². The van der Waals surface area contributed by atoms with E-state index in [0.717, 1.165) is 0 Å². The number of likely N-dealkylation sites (N-methyl/N-ethyl adjacent to an activating group) is 1. The Morgan fingerprint density at radius 3 is 2.09 bits per heavy atom. The molecule has 21 nitrogen and oxygen atoms in total. The minimum atomic E-state index is -1.70. The number of aliphatic hydroxyl groups excluding tert-OH is 3. The number of aromatic hydroxyl groups is 1. The lowest BCUT2D eigenvalue weighted by atomic mass is 9.66. The molecular formula is C44H61N3O18. The quantitative estimate of drug-likeness (QED) is 0.0841. The van der Waals surface area contributed by atoms with Crippen molar-refractivity contribution in [3.8, 4) is 28.7 Å². The zero-order chi connectivity index (χ0) is 47.7. The fourth-order valence-corrected chi connectivity index (χ4v) is 8.94. The van der Waals surface area contributed by atoms with Crippen LogP contribution in [0.5, 0.6) is 28.7 Å². The van der Waals surface area contributed by atoms with Gasteiger partial charge in [0.25, 0.3) is 5.91 Å². The SMILES string of the molecule is CNC(=O)[C@@H](NC(=O)[C@H](CC(C)C)[C@H](O)C(=O)NO)C(C)(C)C.COc1cc([C@@H]2c3cc4c(cc3C(O[C@@H]3O[C@@H]5CO[C@@H](C)O[C@H]5[C@H](O)[C@H]3O)C3COC(=O)[C@@H]32)OCO4)cc(OC)c1O. The van der Waals surface area contributed by atoms with Crippen molar-refractivity contribution in [2.75, 3.05) is 41.3 Å². The van der Waals surface area contributed by atoms with Crippen molar-refractivity contribution < 1.29 is 87.4 Å². The van der Waals surface area contributed by atoms with E-state index in [0.29, 0.717) is 28.2 Å². The first kappa shape index (κ1) is 49.4. The Labute approximate surface area is 375 Å². The summed E-state index contributed by atoms with van der Waals surface area (Å²) in [5, 5.41) is 56.2. The summed E-state index contributed by atoms with van der Waals surface area (Å²) in [6.45, 7) is 11.0. The predicted molar refractivity (Wildman–Crippen MR) is 223 cm³/mol. The van der Waals surface area contributed by atoms with Crippen LogP contribution >= 0.6 is 0 Å². The molecule has 4 aliphatic heterocycles. The number of phenolic OH excluding ortho intramolecular Hbond substituents is 1. The van der Waals surface area contributed by atoms with Gasteiger partial charge in [0.1, 0.15) is 36.6 Å². The summed E-state index contributed by atoms with van der Waals surface area (Å²) in [7, 11) is 4.32. The van der Waals surface area contributed by atoms with E-state index in [-0.39, 0.29) is 55.5 Å². The maximum Gasteiger partial charge on any atom is 0.310 e. The van der Waals surface area contributed by atoms with Crippen LogP contribution < -0.4 is 35.1 Å². The van der Waals surface area contributed by atoms with E-state index in [1.165, 1.54) is 26.7 Å². The number of hydroxylamine groups is 1. The van der Waals surface area contributed by atoms with Crippen LogP contribution in [0.25, 0.3) is 0 Å². The van der Waals surface area contributed by atoms with E-state index < -0.39 is 102 Å². The van der Waals surface area contributed by atoms with Gasteiger partial charge in [-0.1, -0.05) is 34.6 Å². The molecule has 1 aliphatic carbocycles. The van der Waals surface area contributed by atoms with Gasteiger partial charge in [-0.2, -0.15) is 0 Å². The van der Waals surface area contributed by atoms with E-state index in [1.807, 2.05) is 13.8 Å². The summed E-state index contributed by atoms with van der Waals surface area (Å²) in [5.74, 6) is -4.11. The average Bonchev–Trinajstić information content (AvgIpc) is 3.90. The minimum absolute atomic E-state index is 0.0278. The Hall–Kier alpha value is -5.00. The fourth-order valence-electron chi connectivity index (χ4n) is 8.94. The second kappa shape index (κ2) is 20.3. The number of aliphatic hydroxyl groups is 3. The number of ether oxygens (including phenoxy) is 9. The van der Waals surface area contributed by atoms with Crippen molar-refractivity contribution in [3.05, 3.63) is 41.0 Å². The van der Waals surface area contributed by atoms with E-state index in [9.17, 15) is 39.6 Å². The summed E-state index contributed by atoms with van der Waals surface area (Å²) in [6, 6.07) is 6.11. The summed E-state index contributed by atoms with van der Waals surface area (Å²) in [6.07, 6.45) is -8.27. The third kappa shape index (κ3) is 10.2. The van der Waals surface area contributed by atoms with E-state index in [4.69, 9.17) is 47.8 Å². The summed E-state index contributed by atoms with van der Waals surface area (Å²) in [5.41, 5.74) is 2.80. The molecule has 5 aliphatic rings. The van der Waals surface area contributed by atoms with Gasteiger partial charge in [-0.15, -0.1) is 0 Å². The number of amides is 3. The van der Waals surface area contributed by atoms with Gasteiger partial charge in [0.2, 0.25) is 24.4 Å². The lowest BCUT2D eigenvalue weighted by molar-refractivity contribution is -0.364. The highest BCUT2D eigenvalue weighted by Gasteiger charge is 2.56. The lowest BCUT2D eigenvalue weighted by Gasteiger charge is -2.47. The number of rotatable bonds is 12. The maximum atomic E-state index is 13.4. The van der Waals surface area contributed by atoms with Crippen molar-refractivity contribution in [1.29, 1.82) is 0 Å². The number of fused-ring (bicyclic) bond motifs is 4. The summed E-state index contributed by atoms with van der Waals surface area (Å²) >= 11 is 0. The monoisotopic (exact) mass is 919 g/mol. The van der Waals surface area contributed by atoms with Crippen LogP contribution in [0.4, 0.5) is 0 Å². The van der Waals surface area contributed by atoms with Gasteiger partial charge in [0.15, 0.2) is 35.6 Å². The fraction of sp³-hybridized carbons (Fsp3) is 0.636. The van der Waals surface area contributed by atoms with Crippen molar-refractivity contribution in [2.45, 2.75) is 109 Å². The normalized spacial score (nSPS) is 29.0. The molecule has 4 heterocycles. The number of carbonyl (C=O) groups excluding carboxylic acids is 4. The Morgan fingerprint density at radius 2 is 1.52 bits per heavy atom. The van der Waals surface area contributed by atoms with Gasteiger partial charge in [0, 0.05) is 18.9 Å². The van der Waals surface area contributed by atoms with Gasteiger partial charge >= 0.3 is 5.97 Å². The molecule has 2 aromatic carbocycles. The van der Waals surface area contributed by atoms with Crippen LogP contribution in [0.3, 0.4) is 0 Å². The molecule has 65 heavy (non-hydrogen) atoms. The molecule has 0 aromatic heterocycles. The second-order valence-electron chi connectivity index (χ2n) is 18.1. The Morgan fingerprint density at radius 1 is 0.892 bits per heavy atom. The maximum absolute atomic E-state index is 13.4. The van der Waals surface area contributed by atoms with Crippen LogP contribution in [-0.2, 0) is 42.9 Å². The molecule has 3 amide bonds. The molecule has 360 valence electrons. The van der Waals surface area contributed by atoms with Gasteiger partial charge in [-0.3, -0.25) is 24.4 Å². The molecule has 0 saturated carbocycles. The first-order valence-electron chi connectivity index (χ1n) is 21.4. The van der Waals surface area contributed by atoms with Crippen molar-refractivity contribution >= 4 is 23.7 Å². The Bertz CT molecular complexity index is 2030. The van der Waals surface area contributed by atoms with Gasteiger partial charge in [-0.05, 0) is 65.6 Å². The van der Waals surface area contributed by atoms with Gasteiger partial charge in [0.05, 0.1) is 45.4 Å². The smallest absolute Gasteiger partial charge is 0.310 e. The lowest BCUT2D eigenvalue weighted by Crippen LogP contribution is -2.63. The summed E-state index contributed by atoms with van der Waals surface area (Å²) in [4.78, 5) is 49.3. The molecule has 0 bridgehead atoms. The molecule has 0 spiro atoms. The van der Waals surface area contributed by atoms with Crippen LogP contribution in [0.1, 0.15) is 76.7 Å². The molecule has 3 saturated heterocycles. The molecule has 8 N–H and O–H groups in total. The highest BCUT2D eigenvalue weighted by atomic mass is 16.8. The summed E-state index contributed by atoms with van der Waals surface area (Å²) < 4.78 is 51.5. The number of carbonyl (C=O) groups is 4. The molecule has 21 heteroatoms. The number of hydrogen-bond donors (Lipinski definition) is 8. The third-order valence-electron chi connectivity index (χ3n) is 12.2. The van der Waals surface area contributed by atoms with Gasteiger partial charge in [-0.25, -0.2) is 5.48 Å². The number of benzene rings is 2. The number of hydrogen-bond acceptors (Lipinski definition) is 18. The number of cyclic esters (lactones) is 1. The third-order valence-corrected chi connectivity index (χ3v) is 12.2. The topological polar surface area (TPSA) is 289 Å². The first-order chi connectivity index (χ1) is 30.7. The molecule has 0 radical (unpaired) electrons. The van der Waals surface area contributed by atoms with Crippen LogP contribution in [0, 0.1) is 29.1 Å². The van der Waals surface area contributed by atoms with E-state index in [2.05, 4.69) is 10.6 Å². The van der Waals surface area contributed by atoms with Crippen LogP contribution in [0.15, 0.2) is 24.3 Å². The zero-order valence-corrected chi connectivity index (χ0v) is 37.8. The molecule has 13 atom stereocenters. The Kier molecular flexibility index (Phi) is 15.4. The van der Waals surface area contributed by atoms with E-state index in [1.54, 1.807) is 52.0 Å².